The minimum absolute atomic E-state index is 0.0391. The molecule has 0 aliphatic heterocycles. The Kier molecular flexibility index (Phi) is 13.3. The summed E-state index contributed by atoms with van der Waals surface area (Å²) in [5, 5.41) is 23.0. The van der Waals surface area contributed by atoms with Gasteiger partial charge in [-0.2, -0.15) is 0 Å². The van der Waals surface area contributed by atoms with Crippen molar-refractivity contribution in [2.24, 2.45) is 40.9 Å². The molecule has 0 fully saturated rings. The van der Waals surface area contributed by atoms with Crippen LogP contribution < -0.4 is 22.5 Å². The van der Waals surface area contributed by atoms with Crippen molar-refractivity contribution in [3.05, 3.63) is 29.6 Å². The number of nitrogens with zero attached hydrogens (tertiary/aromatic N) is 1. The van der Waals surface area contributed by atoms with E-state index in [0.29, 0.717) is 11.3 Å². The van der Waals surface area contributed by atoms with Crippen LogP contribution in [-0.4, -0.2) is 62.4 Å². The van der Waals surface area contributed by atoms with Crippen molar-refractivity contribution in [2.75, 3.05) is 0 Å². The lowest BCUT2D eigenvalue weighted by Crippen LogP contribution is -2.63. The average Bonchev–Trinajstić information content (AvgIpc) is 2.87. The van der Waals surface area contributed by atoms with Gasteiger partial charge in [0.1, 0.15) is 5.54 Å². The molecule has 0 spiro atoms. The fourth-order valence-electron chi connectivity index (χ4n) is 4.53. The van der Waals surface area contributed by atoms with Crippen LogP contribution in [0, 0.1) is 23.7 Å². The molecule has 1 amide bonds. The number of hydrogen-bond acceptors (Lipinski definition) is 9. The van der Waals surface area contributed by atoms with Crippen LogP contribution in [-0.2, 0) is 20.9 Å². The number of carboxylic acid groups (broad SMARTS) is 1. The zero-order valence-electron chi connectivity index (χ0n) is 24.0. The third-order valence-electron chi connectivity index (χ3n) is 7.26. The molecular weight excluding hydrogens is 502 g/mol. The second-order valence-corrected chi connectivity index (χ2v) is 11.3. The second-order valence-electron chi connectivity index (χ2n) is 11.3. The molecule has 0 saturated heterocycles. The van der Waals surface area contributed by atoms with E-state index in [-0.39, 0.29) is 48.8 Å². The van der Waals surface area contributed by atoms with Crippen molar-refractivity contribution in [2.45, 2.75) is 97.5 Å². The van der Waals surface area contributed by atoms with Crippen molar-refractivity contribution in [1.82, 2.24) is 10.3 Å². The minimum Gasteiger partial charge on any atom is -0.481 e. The molecule has 0 radical (unpaired) electrons. The SMILES string of the molecule is CC[C@H](C)[C@H](N)C(=O)NCc1ccc(C(=O)C(C[C@H](O)[C@@](N)(CC(C)C)C(=O)[C@@H](N)CC(=O)O)C(C)C)cn1. The maximum Gasteiger partial charge on any atom is 0.305 e. The summed E-state index contributed by atoms with van der Waals surface area (Å²) in [4.78, 5) is 54.2. The first kappa shape index (κ1) is 34.3. The second kappa shape index (κ2) is 15.2. The van der Waals surface area contributed by atoms with E-state index in [9.17, 15) is 24.3 Å². The summed E-state index contributed by atoms with van der Waals surface area (Å²) in [5.74, 6) is -3.51. The number of aliphatic carboxylic acids is 1. The van der Waals surface area contributed by atoms with Gasteiger partial charge in [-0.25, -0.2) is 0 Å². The molecular formula is C28H47N5O6. The number of Topliss-reactive ketones (excluding diaryl/α,β-unsaturated/α-hetero) is 2. The summed E-state index contributed by atoms with van der Waals surface area (Å²) >= 11 is 0. The van der Waals surface area contributed by atoms with Crippen LogP contribution >= 0.6 is 0 Å². The number of carbonyl (C=O) groups is 4. The highest BCUT2D eigenvalue weighted by atomic mass is 16.4. The van der Waals surface area contributed by atoms with Gasteiger partial charge in [0.25, 0.3) is 0 Å². The summed E-state index contributed by atoms with van der Waals surface area (Å²) < 4.78 is 0. The quantitative estimate of drug-likeness (QED) is 0.154. The average molecular weight is 550 g/mol. The molecule has 1 heterocycles. The molecule has 220 valence electrons. The van der Waals surface area contributed by atoms with Gasteiger partial charge in [-0.15, -0.1) is 0 Å². The number of aliphatic hydroxyl groups excluding tert-OH is 1. The van der Waals surface area contributed by atoms with Crippen molar-refractivity contribution in [3.8, 4) is 0 Å². The molecule has 0 aromatic carbocycles. The van der Waals surface area contributed by atoms with Crippen LogP contribution in [0.4, 0.5) is 0 Å². The fraction of sp³-hybridized carbons (Fsp3) is 0.679. The molecule has 0 saturated carbocycles. The first-order valence-electron chi connectivity index (χ1n) is 13.6. The van der Waals surface area contributed by atoms with Gasteiger partial charge in [-0.1, -0.05) is 48.0 Å². The largest absolute Gasteiger partial charge is 0.481 e. The first-order valence-corrected chi connectivity index (χ1v) is 13.6. The molecule has 6 atom stereocenters. The Morgan fingerprint density at radius 2 is 1.69 bits per heavy atom. The van der Waals surface area contributed by atoms with E-state index in [0.717, 1.165) is 6.42 Å². The van der Waals surface area contributed by atoms with E-state index in [2.05, 4.69) is 10.3 Å². The summed E-state index contributed by atoms with van der Waals surface area (Å²) in [6.07, 6.45) is 0.107. The molecule has 11 heteroatoms. The Morgan fingerprint density at radius 3 is 2.15 bits per heavy atom. The molecule has 9 N–H and O–H groups in total. The van der Waals surface area contributed by atoms with Gasteiger partial charge in [0.15, 0.2) is 11.6 Å². The molecule has 11 nitrogen and oxygen atoms in total. The summed E-state index contributed by atoms with van der Waals surface area (Å²) in [5.41, 5.74) is 17.3. The summed E-state index contributed by atoms with van der Waals surface area (Å²) in [6.45, 7) is 11.3. The molecule has 1 aromatic heterocycles. The highest BCUT2D eigenvalue weighted by Gasteiger charge is 2.46. The van der Waals surface area contributed by atoms with Crippen LogP contribution in [0.5, 0.6) is 0 Å². The smallest absolute Gasteiger partial charge is 0.305 e. The van der Waals surface area contributed by atoms with Crippen LogP contribution in [0.2, 0.25) is 0 Å². The summed E-state index contributed by atoms with van der Waals surface area (Å²) in [6, 6.07) is 1.23. The first-order chi connectivity index (χ1) is 18.0. The molecule has 0 aliphatic carbocycles. The number of pyridine rings is 1. The third kappa shape index (κ3) is 9.75. The number of ketones is 2. The zero-order valence-corrected chi connectivity index (χ0v) is 24.0. The van der Waals surface area contributed by atoms with Gasteiger partial charge >= 0.3 is 5.97 Å². The molecule has 0 bridgehead atoms. The summed E-state index contributed by atoms with van der Waals surface area (Å²) in [7, 11) is 0. The standard InChI is InChI=1S/C28H47N5O6/c1-7-17(6)24(30)27(39)33-14-19-9-8-18(13-32-19)25(37)20(16(4)5)10-22(34)28(31,12-15(2)3)26(38)21(29)11-23(35)36/h8-9,13,15-17,20-22,24,34H,7,10-12,14,29-31H2,1-6H3,(H,33,39)(H,35,36)/t17-,20?,21-,22-,24-,28-/m0/s1. The lowest BCUT2D eigenvalue weighted by molar-refractivity contribution is -0.141. The number of carboxylic acids is 1. The van der Waals surface area contributed by atoms with Crippen LogP contribution in [0.1, 0.15) is 83.3 Å². The van der Waals surface area contributed by atoms with Crippen LogP contribution in [0.25, 0.3) is 0 Å². The number of carbonyl (C=O) groups excluding carboxylic acids is 3. The van der Waals surface area contributed by atoms with Gasteiger partial charge in [0, 0.05) is 17.7 Å². The Labute approximate surface area is 231 Å². The van der Waals surface area contributed by atoms with Gasteiger partial charge < -0.3 is 32.7 Å². The van der Waals surface area contributed by atoms with Crippen molar-refractivity contribution in [3.63, 3.8) is 0 Å². The zero-order chi connectivity index (χ0) is 30.1. The maximum absolute atomic E-state index is 13.4. The lowest BCUT2D eigenvalue weighted by Gasteiger charge is -2.38. The number of hydrogen-bond donors (Lipinski definition) is 6. The van der Waals surface area contributed by atoms with Crippen molar-refractivity contribution < 1.29 is 29.4 Å². The number of aromatic nitrogens is 1. The highest BCUT2D eigenvalue weighted by Crippen LogP contribution is 2.30. The van der Waals surface area contributed by atoms with E-state index in [1.54, 1.807) is 12.1 Å². The van der Waals surface area contributed by atoms with Gasteiger partial charge in [-0.3, -0.25) is 24.2 Å². The van der Waals surface area contributed by atoms with Gasteiger partial charge in [-0.05, 0) is 42.7 Å². The minimum atomic E-state index is -1.81. The Hall–Kier alpha value is -2.73. The fourth-order valence-corrected chi connectivity index (χ4v) is 4.53. The maximum atomic E-state index is 13.4. The number of rotatable bonds is 17. The van der Waals surface area contributed by atoms with Gasteiger partial charge in [0.05, 0.1) is 36.8 Å². The van der Waals surface area contributed by atoms with E-state index < -0.39 is 47.8 Å². The Morgan fingerprint density at radius 1 is 1.08 bits per heavy atom. The predicted molar refractivity (Wildman–Crippen MR) is 148 cm³/mol. The molecule has 1 aromatic rings. The molecule has 1 unspecified atom stereocenters. The van der Waals surface area contributed by atoms with Crippen molar-refractivity contribution >= 4 is 23.4 Å². The highest BCUT2D eigenvalue weighted by molar-refractivity contribution is 5.98. The number of amides is 1. The van der Waals surface area contributed by atoms with E-state index in [4.69, 9.17) is 22.3 Å². The topological polar surface area (TPSA) is 212 Å². The monoisotopic (exact) mass is 549 g/mol. The molecule has 1 rings (SSSR count). The lowest BCUT2D eigenvalue weighted by atomic mass is 9.73. The number of aliphatic hydroxyl groups is 1. The molecule has 39 heavy (non-hydrogen) atoms. The number of nitrogens with two attached hydrogens (primary N) is 3. The Balaban J connectivity index is 3.06. The van der Waals surface area contributed by atoms with E-state index in [1.807, 2.05) is 41.5 Å². The van der Waals surface area contributed by atoms with Crippen LogP contribution in [0.3, 0.4) is 0 Å². The molecule has 0 aliphatic rings. The number of nitrogens with one attached hydrogen (secondary N) is 1. The normalized spacial score (nSPS) is 17.1. The van der Waals surface area contributed by atoms with E-state index >= 15 is 0 Å². The van der Waals surface area contributed by atoms with Crippen LogP contribution in [0.15, 0.2) is 18.3 Å². The Bertz CT molecular complexity index is 983. The van der Waals surface area contributed by atoms with Gasteiger partial charge in [0.2, 0.25) is 5.91 Å². The third-order valence-corrected chi connectivity index (χ3v) is 7.26. The van der Waals surface area contributed by atoms with E-state index in [1.165, 1.54) is 6.20 Å². The van der Waals surface area contributed by atoms with Crippen molar-refractivity contribution in [1.29, 1.82) is 0 Å². The predicted octanol–water partition coefficient (Wildman–Crippen LogP) is 1.39.